The maximum atomic E-state index is 12.3. The van der Waals surface area contributed by atoms with E-state index in [0.717, 1.165) is 25.9 Å². The molecule has 0 aliphatic carbocycles. The fraction of sp³-hybridized carbons (Fsp3) is 0.688. The van der Waals surface area contributed by atoms with Crippen molar-refractivity contribution in [2.75, 3.05) is 24.2 Å². The number of carbonyl (C=O) groups excluding carboxylic acids is 1. The van der Waals surface area contributed by atoms with Crippen LogP contribution in [0.3, 0.4) is 0 Å². The van der Waals surface area contributed by atoms with Gasteiger partial charge >= 0.3 is 0 Å². The predicted molar refractivity (Wildman–Crippen MR) is 95.1 cm³/mol. The van der Waals surface area contributed by atoms with Crippen molar-refractivity contribution < 1.29 is 4.79 Å². The van der Waals surface area contributed by atoms with Gasteiger partial charge in [-0.05, 0) is 26.0 Å². The molecular weight excluding hydrogens is 312 g/mol. The Kier molecular flexibility index (Phi) is 6.50. The lowest BCUT2D eigenvalue weighted by Gasteiger charge is -2.33. The topological polar surface area (TPSA) is 67.2 Å². The van der Waals surface area contributed by atoms with Gasteiger partial charge in [0, 0.05) is 49.7 Å². The first-order valence-electron chi connectivity index (χ1n) is 8.17. The summed E-state index contributed by atoms with van der Waals surface area (Å²) in [6.45, 7) is 6.15. The SMILES string of the molecule is CCn1ccnc(N2CCC(NC(=O)C[C@@H](C)SC)CC2)c1=O. The molecule has 2 rings (SSSR count). The summed E-state index contributed by atoms with van der Waals surface area (Å²) < 4.78 is 1.67. The molecule has 0 bridgehead atoms. The van der Waals surface area contributed by atoms with Crippen molar-refractivity contribution in [1.82, 2.24) is 14.9 Å². The van der Waals surface area contributed by atoms with E-state index in [1.807, 2.05) is 18.1 Å². The molecule has 23 heavy (non-hydrogen) atoms. The lowest BCUT2D eigenvalue weighted by Crippen LogP contribution is -2.46. The molecular formula is C16H26N4O2S. The largest absolute Gasteiger partial charge is 0.353 e. The number of nitrogens with one attached hydrogen (secondary N) is 1. The Morgan fingerprint density at radius 3 is 2.78 bits per heavy atom. The Labute approximate surface area is 141 Å². The highest BCUT2D eigenvalue weighted by atomic mass is 32.2. The summed E-state index contributed by atoms with van der Waals surface area (Å²) in [6.07, 6.45) is 7.67. The molecule has 0 radical (unpaired) electrons. The molecule has 1 saturated heterocycles. The number of aryl methyl sites for hydroxylation is 1. The molecule has 1 amide bonds. The predicted octanol–water partition coefficient (Wildman–Crippen LogP) is 1.49. The van der Waals surface area contributed by atoms with Crippen LogP contribution in [0.2, 0.25) is 0 Å². The van der Waals surface area contributed by atoms with Crippen molar-refractivity contribution in [2.24, 2.45) is 0 Å². The van der Waals surface area contributed by atoms with Crippen LogP contribution in [0.25, 0.3) is 0 Å². The summed E-state index contributed by atoms with van der Waals surface area (Å²) in [5.74, 6) is 0.645. The van der Waals surface area contributed by atoms with Gasteiger partial charge in [0.1, 0.15) is 0 Å². The fourth-order valence-electron chi connectivity index (χ4n) is 2.77. The van der Waals surface area contributed by atoms with Crippen molar-refractivity contribution in [3.05, 3.63) is 22.7 Å². The Bertz CT molecular complexity index is 582. The summed E-state index contributed by atoms with van der Waals surface area (Å²) in [6, 6.07) is 0.199. The molecule has 0 saturated carbocycles. The molecule has 1 atom stereocenters. The van der Waals surface area contributed by atoms with Crippen molar-refractivity contribution in [3.8, 4) is 0 Å². The monoisotopic (exact) mass is 338 g/mol. The van der Waals surface area contributed by atoms with Crippen molar-refractivity contribution in [3.63, 3.8) is 0 Å². The molecule has 1 aromatic rings. The molecule has 1 fully saturated rings. The Balaban J connectivity index is 1.89. The number of piperidine rings is 1. The first kappa shape index (κ1) is 17.8. The van der Waals surface area contributed by atoms with E-state index in [9.17, 15) is 9.59 Å². The minimum absolute atomic E-state index is 0.0359. The van der Waals surface area contributed by atoms with Crippen LogP contribution in [0.15, 0.2) is 17.2 Å². The number of anilines is 1. The molecule has 0 spiro atoms. The molecule has 0 aromatic carbocycles. The normalized spacial score (nSPS) is 17.1. The van der Waals surface area contributed by atoms with E-state index in [1.54, 1.807) is 28.7 Å². The van der Waals surface area contributed by atoms with Crippen LogP contribution in [0.1, 0.15) is 33.1 Å². The van der Waals surface area contributed by atoms with Gasteiger partial charge in [-0.1, -0.05) is 6.92 Å². The second-order valence-corrected chi connectivity index (χ2v) is 7.20. The third-order valence-electron chi connectivity index (χ3n) is 4.27. The van der Waals surface area contributed by atoms with Gasteiger partial charge in [-0.2, -0.15) is 11.8 Å². The van der Waals surface area contributed by atoms with Gasteiger partial charge in [0.05, 0.1) is 0 Å². The summed E-state index contributed by atoms with van der Waals surface area (Å²) in [7, 11) is 0. The highest BCUT2D eigenvalue weighted by Gasteiger charge is 2.23. The maximum Gasteiger partial charge on any atom is 0.293 e. The third kappa shape index (κ3) is 4.73. The van der Waals surface area contributed by atoms with Crippen molar-refractivity contribution >= 4 is 23.5 Å². The molecule has 2 heterocycles. The van der Waals surface area contributed by atoms with Crippen LogP contribution in [-0.4, -0.2) is 46.1 Å². The van der Waals surface area contributed by atoms with E-state index in [4.69, 9.17) is 0 Å². The average Bonchev–Trinajstić information content (AvgIpc) is 2.55. The van der Waals surface area contributed by atoms with Crippen LogP contribution in [0.4, 0.5) is 5.82 Å². The molecule has 1 aromatic heterocycles. The molecule has 6 nitrogen and oxygen atoms in total. The van der Waals surface area contributed by atoms with Gasteiger partial charge in [-0.25, -0.2) is 4.98 Å². The fourth-order valence-corrected chi connectivity index (χ4v) is 3.09. The van der Waals surface area contributed by atoms with Gasteiger partial charge in [-0.15, -0.1) is 0 Å². The zero-order valence-electron chi connectivity index (χ0n) is 14.1. The van der Waals surface area contributed by atoms with Gasteiger partial charge in [0.15, 0.2) is 5.82 Å². The third-order valence-corrected chi connectivity index (χ3v) is 5.24. The van der Waals surface area contributed by atoms with E-state index in [1.165, 1.54) is 0 Å². The second-order valence-electron chi connectivity index (χ2n) is 5.92. The van der Waals surface area contributed by atoms with E-state index in [-0.39, 0.29) is 17.5 Å². The maximum absolute atomic E-state index is 12.3. The number of aromatic nitrogens is 2. The van der Waals surface area contributed by atoms with E-state index in [0.29, 0.717) is 24.0 Å². The Morgan fingerprint density at radius 1 is 1.48 bits per heavy atom. The molecule has 0 unspecified atom stereocenters. The molecule has 7 heteroatoms. The van der Waals surface area contributed by atoms with Crippen LogP contribution in [0.5, 0.6) is 0 Å². The zero-order valence-corrected chi connectivity index (χ0v) is 14.9. The standard InChI is InChI=1S/C16H26N4O2S/c1-4-19-10-7-17-15(16(19)22)20-8-5-13(6-9-20)18-14(21)11-12(2)23-3/h7,10,12-13H,4-6,8-9,11H2,1-3H3,(H,18,21)/t12-/m1/s1. The van der Waals surface area contributed by atoms with E-state index in [2.05, 4.69) is 17.2 Å². The molecule has 1 aliphatic heterocycles. The molecule has 128 valence electrons. The number of hydrogen-bond donors (Lipinski definition) is 1. The first-order chi connectivity index (χ1) is 11.0. The summed E-state index contributed by atoms with van der Waals surface area (Å²) >= 11 is 1.70. The van der Waals surface area contributed by atoms with Crippen LogP contribution < -0.4 is 15.8 Å². The van der Waals surface area contributed by atoms with Crippen molar-refractivity contribution in [1.29, 1.82) is 0 Å². The Morgan fingerprint density at radius 2 is 2.17 bits per heavy atom. The number of thioether (sulfide) groups is 1. The van der Waals surface area contributed by atoms with Gasteiger partial charge in [0.25, 0.3) is 5.56 Å². The quantitative estimate of drug-likeness (QED) is 0.851. The second kappa shape index (κ2) is 8.38. The average molecular weight is 338 g/mol. The number of amides is 1. The lowest BCUT2D eigenvalue weighted by atomic mass is 10.0. The molecule has 1 N–H and O–H groups in total. The number of nitrogens with zero attached hydrogens (tertiary/aromatic N) is 3. The summed E-state index contributed by atoms with van der Waals surface area (Å²) in [4.78, 5) is 30.5. The van der Waals surface area contributed by atoms with E-state index < -0.39 is 0 Å². The van der Waals surface area contributed by atoms with Gasteiger partial charge in [0.2, 0.25) is 5.91 Å². The highest BCUT2D eigenvalue weighted by molar-refractivity contribution is 7.99. The zero-order chi connectivity index (χ0) is 16.8. The molecule has 1 aliphatic rings. The van der Waals surface area contributed by atoms with Gasteiger partial charge in [-0.3, -0.25) is 9.59 Å². The minimum Gasteiger partial charge on any atom is -0.353 e. The van der Waals surface area contributed by atoms with Gasteiger partial charge < -0.3 is 14.8 Å². The number of carbonyl (C=O) groups is 1. The minimum atomic E-state index is -0.0359. The lowest BCUT2D eigenvalue weighted by molar-refractivity contribution is -0.121. The van der Waals surface area contributed by atoms with Crippen molar-refractivity contribution in [2.45, 2.75) is 50.9 Å². The highest BCUT2D eigenvalue weighted by Crippen LogP contribution is 2.16. The smallest absolute Gasteiger partial charge is 0.293 e. The van der Waals surface area contributed by atoms with E-state index >= 15 is 0 Å². The number of rotatable bonds is 6. The van der Waals surface area contributed by atoms with Crippen LogP contribution in [0, 0.1) is 0 Å². The Hall–Kier alpha value is -1.50. The summed E-state index contributed by atoms with van der Waals surface area (Å²) in [5, 5.41) is 3.45. The number of hydrogen-bond acceptors (Lipinski definition) is 5. The first-order valence-corrected chi connectivity index (χ1v) is 9.46. The van der Waals surface area contributed by atoms with Crippen LogP contribution >= 0.6 is 11.8 Å². The van der Waals surface area contributed by atoms with Crippen LogP contribution in [-0.2, 0) is 11.3 Å². The summed E-state index contributed by atoms with van der Waals surface area (Å²) in [5.41, 5.74) is -0.0359.